The fourth-order valence-electron chi connectivity index (χ4n) is 3.47. The predicted octanol–water partition coefficient (Wildman–Crippen LogP) is 3.77. The Morgan fingerprint density at radius 2 is 1.84 bits per heavy atom. The number of unbranched alkanes of at least 4 members (excludes halogenated alkanes) is 3. The van der Waals surface area contributed by atoms with Gasteiger partial charge < -0.3 is 0 Å². The number of hydrogen-bond donors (Lipinski definition) is 0. The Morgan fingerprint density at radius 3 is 2.47 bits per heavy atom. The third kappa shape index (κ3) is 4.01. The van der Waals surface area contributed by atoms with Gasteiger partial charge in [0.25, 0.3) is 0 Å². The van der Waals surface area contributed by atoms with Gasteiger partial charge in [0.1, 0.15) is 5.78 Å². The van der Waals surface area contributed by atoms with E-state index in [9.17, 15) is 9.00 Å². The fraction of sp³-hybridized carbons (Fsp3) is 0.812. The molecule has 0 aromatic heterocycles. The average Bonchev–Trinajstić information content (AvgIpc) is 2.38. The number of carbonyl (C=O) groups excluding carboxylic acids is 1. The Bertz CT molecular complexity index is 335. The van der Waals surface area contributed by atoms with E-state index in [2.05, 4.69) is 6.58 Å². The monoisotopic (exact) mass is 282 g/mol. The number of Topliss-reactive ketones (excluding diaryl/α,β-unsaturated/α-hetero) is 1. The quantitative estimate of drug-likeness (QED) is 0.526. The molecule has 0 saturated carbocycles. The molecule has 2 rings (SSSR count). The summed E-state index contributed by atoms with van der Waals surface area (Å²) in [7, 11) is -0.647. The van der Waals surface area contributed by atoms with E-state index in [4.69, 9.17) is 0 Å². The number of allylic oxidation sites excluding steroid dienone is 1. The van der Waals surface area contributed by atoms with Gasteiger partial charge in [0, 0.05) is 33.6 Å². The molecule has 2 nitrogen and oxygen atoms in total. The van der Waals surface area contributed by atoms with Crippen molar-refractivity contribution in [2.75, 3.05) is 0 Å². The van der Waals surface area contributed by atoms with Crippen LogP contribution in [-0.2, 0) is 15.6 Å². The van der Waals surface area contributed by atoms with Gasteiger partial charge in [0.05, 0.1) is 0 Å². The number of fused-ring (bicyclic) bond motifs is 2. The first-order chi connectivity index (χ1) is 9.22. The molecule has 2 unspecified atom stereocenters. The predicted molar refractivity (Wildman–Crippen MR) is 80.6 cm³/mol. The molecule has 3 heteroatoms. The molecule has 0 N–H and O–H groups in total. The summed E-state index contributed by atoms with van der Waals surface area (Å²) in [6.07, 6.45) is 12.2. The summed E-state index contributed by atoms with van der Waals surface area (Å²) in [5.74, 6) is 0.652. The van der Waals surface area contributed by atoms with E-state index in [0.717, 1.165) is 57.8 Å². The number of ketones is 1. The van der Waals surface area contributed by atoms with E-state index < -0.39 is 10.8 Å². The topological polar surface area (TPSA) is 34.1 Å². The zero-order valence-corrected chi connectivity index (χ0v) is 12.6. The molecule has 0 amide bonds. The minimum Gasteiger partial charge on any atom is -0.299 e. The lowest BCUT2D eigenvalue weighted by molar-refractivity contribution is -0.123. The maximum Gasteiger partial charge on any atom is 0.136 e. The maximum absolute atomic E-state index is 12.2. The molecule has 2 aliphatic rings. The lowest BCUT2D eigenvalue weighted by Gasteiger charge is -2.37. The molecule has 0 radical (unpaired) electrons. The van der Waals surface area contributed by atoms with Crippen LogP contribution in [0.2, 0.25) is 0 Å². The standard InChI is InChI=1S/C16H26O2S/c1-2-3-4-5-6-10-16(17)13-11-14-8-7-9-15(12-13)19(14)18/h2,13-15H,1,3-12H2. The molecule has 2 saturated heterocycles. The highest BCUT2D eigenvalue weighted by molar-refractivity contribution is 7.86. The summed E-state index contributed by atoms with van der Waals surface area (Å²) in [5, 5.41) is 0.643. The molecule has 2 bridgehead atoms. The summed E-state index contributed by atoms with van der Waals surface area (Å²) in [4.78, 5) is 12.2. The van der Waals surface area contributed by atoms with Crippen molar-refractivity contribution < 1.29 is 9.00 Å². The number of rotatable bonds is 7. The summed E-state index contributed by atoms with van der Waals surface area (Å²) in [6.45, 7) is 3.71. The number of carbonyl (C=O) groups is 1. The molecule has 2 aliphatic heterocycles. The van der Waals surface area contributed by atoms with Crippen LogP contribution in [0.1, 0.15) is 64.2 Å². The van der Waals surface area contributed by atoms with Crippen molar-refractivity contribution in [2.24, 2.45) is 5.92 Å². The number of hydrogen-bond acceptors (Lipinski definition) is 2. The van der Waals surface area contributed by atoms with Crippen molar-refractivity contribution in [3.8, 4) is 0 Å². The van der Waals surface area contributed by atoms with Gasteiger partial charge in [-0.3, -0.25) is 9.00 Å². The van der Waals surface area contributed by atoms with Crippen LogP contribution in [-0.4, -0.2) is 20.5 Å². The van der Waals surface area contributed by atoms with E-state index in [1.165, 1.54) is 6.42 Å². The Hall–Kier alpha value is -0.440. The summed E-state index contributed by atoms with van der Waals surface area (Å²) in [5.41, 5.74) is 0. The van der Waals surface area contributed by atoms with Crippen molar-refractivity contribution in [3.63, 3.8) is 0 Å². The van der Waals surface area contributed by atoms with Crippen molar-refractivity contribution >= 4 is 16.6 Å². The minimum absolute atomic E-state index is 0.215. The first-order valence-electron chi connectivity index (χ1n) is 7.75. The van der Waals surface area contributed by atoms with Gasteiger partial charge in [-0.05, 0) is 44.9 Å². The lowest BCUT2D eigenvalue weighted by Crippen LogP contribution is -2.41. The second kappa shape index (κ2) is 7.37. The summed E-state index contributed by atoms with van der Waals surface area (Å²) < 4.78 is 12.1. The largest absolute Gasteiger partial charge is 0.299 e. The normalized spacial score (nSPS) is 33.9. The third-order valence-corrected chi connectivity index (χ3v) is 6.76. The fourth-order valence-corrected chi connectivity index (χ4v) is 5.65. The van der Waals surface area contributed by atoms with Gasteiger partial charge >= 0.3 is 0 Å². The Kier molecular flexibility index (Phi) is 5.80. The molecule has 2 fully saturated rings. The Balaban J connectivity index is 1.74. The van der Waals surface area contributed by atoms with Crippen molar-refractivity contribution in [1.29, 1.82) is 0 Å². The highest BCUT2D eigenvalue weighted by Gasteiger charge is 2.39. The van der Waals surface area contributed by atoms with Crippen LogP contribution >= 0.6 is 0 Å². The molecule has 0 spiro atoms. The molecular formula is C16H26O2S. The maximum atomic E-state index is 12.2. The average molecular weight is 282 g/mol. The highest BCUT2D eigenvalue weighted by Crippen LogP contribution is 2.37. The Morgan fingerprint density at radius 1 is 1.16 bits per heavy atom. The molecule has 2 atom stereocenters. The molecule has 0 aromatic rings. The van der Waals surface area contributed by atoms with E-state index in [1.54, 1.807) is 0 Å². The third-order valence-electron chi connectivity index (χ3n) is 4.59. The van der Waals surface area contributed by atoms with Crippen LogP contribution in [0.3, 0.4) is 0 Å². The van der Waals surface area contributed by atoms with Crippen LogP contribution in [0.5, 0.6) is 0 Å². The first-order valence-corrected chi connectivity index (χ1v) is 9.03. The van der Waals surface area contributed by atoms with E-state index in [0.29, 0.717) is 16.3 Å². The second-order valence-corrected chi connectivity index (χ2v) is 8.02. The van der Waals surface area contributed by atoms with E-state index >= 15 is 0 Å². The van der Waals surface area contributed by atoms with Crippen molar-refractivity contribution in [2.45, 2.75) is 74.7 Å². The smallest absolute Gasteiger partial charge is 0.136 e. The van der Waals surface area contributed by atoms with E-state index in [-0.39, 0.29) is 5.92 Å². The van der Waals surface area contributed by atoms with Crippen LogP contribution in [0.4, 0.5) is 0 Å². The van der Waals surface area contributed by atoms with Crippen molar-refractivity contribution in [1.82, 2.24) is 0 Å². The van der Waals surface area contributed by atoms with Gasteiger partial charge in [-0.25, -0.2) is 0 Å². The molecule has 0 aliphatic carbocycles. The summed E-state index contributed by atoms with van der Waals surface area (Å²) >= 11 is 0. The van der Waals surface area contributed by atoms with Crippen LogP contribution < -0.4 is 0 Å². The zero-order chi connectivity index (χ0) is 13.7. The van der Waals surface area contributed by atoms with Crippen molar-refractivity contribution in [3.05, 3.63) is 12.7 Å². The Labute approximate surface area is 119 Å². The molecule has 108 valence electrons. The highest BCUT2D eigenvalue weighted by atomic mass is 32.2. The molecule has 19 heavy (non-hydrogen) atoms. The summed E-state index contributed by atoms with van der Waals surface area (Å²) in [6, 6.07) is 0. The SMILES string of the molecule is C=CCCCCCC(=O)C1CC2CCCC(C1)S2=O. The van der Waals surface area contributed by atoms with Gasteiger partial charge in [0.15, 0.2) is 0 Å². The van der Waals surface area contributed by atoms with Gasteiger partial charge in [-0.1, -0.05) is 18.9 Å². The first kappa shape index (κ1) is 15.0. The molecular weight excluding hydrogens is 256 g/mol. The van der Waals surface area contributed by atoms with Gasteiger partial charge in [0.2, 0.25) is 0 Å². The van der Waals surface area contributed by atoms with Gasteiger partial charge in [-0.2, -0.15) is 0 Å². The minimum atomic E-state index is -0.647. The van der Waals surface area contributed by atoms with Crippen LogP contribution in [0.25, 0.3) is 0 Å². The van der Waals surface area contributed by atoms with Gasteiger partial charge in [-0.15, -0.1) is 6.58 Å². The second-order valence-electron chi connectivity index (χ2n) is 6.03. The lowest BCUT2D eigenvalue weighted by atomic mass is 9.85. The van der Waals surface area contributed by atoms with Crippen LogP contribution in [0, 0.1) is 5.92 Å². The van der Waals surface area contributed by atoms with Crippen LogP contribution in [0.15, 0.2) is 12.7 Å². The zero-order valence-electron chi connectivity index (χ0n) is 11.8. The molecule has 0 aromatic carbocycles. The van der Waals surface area contributed by atoms with E-state index in [1.807, 2.05) is 6.08 Å². The molecule has 2 heterocycles.